The molecule has 0 N–H and O–H groups in total. The van der Waals surface area contributed by atoms with Crippen LogP contribution in [0.5, 0.6) is 0 Å². The summed E-state index contributed by atoms with van der Waals surface area (Å²) in [6.07, 6.45) is 0. The molecular weight excluding hydrogens is 769 g/mol. The molecule has 0 bridgehead atoms. The summed E-state index contributed by atoms with van der Waals surface area (Å²) in [5, 5.41) is 4.96. The molecule has 62 heavy (non-hydrogen) atoms. The molecule has 0 fully saturated rings. The molecule has 1 spiro atoms. The molecule has 13 rings (SSSR count). The number of fused-ring (bicyclic) bond motifs is 11. The van der Waals surface area contributed by atoms with E-state index in [0.29, 0.717) is 0 Å². The van der Waals surface area contributed by atoms with E-state index in [9.17, 15) is 0 Å². The third kappa shape index (κ3) is 4.94. The predicted molar refractivity (Wildman–Crippen MR) is 260 cm³/mol. The summed E-state index contributed by atoms with van der Waals surface area (Å²) >= 11 is 1.89. The van der Waals surface area contributed by atoms with Gasteiger partial charge in [-0.1, -0.05) is 182 Å². The first-order chi connectivity index (χ1) is 30.8. The van der Waals surface area contributed by atoms with Crippen LogP contribution in [-0.2, 0) is 5.41 Å². The Morgan fingerprint density at radius 2 is 0.968 bits per heavy atom. The van der Waals surface area contributed by atoms with E-state index < -0.39 is 5.41 Å². The van der Waals surface area contributed by atoms with Gasteiger partial charge in [-0.05, 0) is 105 Å². The first kappa shape index (κ1) is 35.2. The summed E-state index contributed by atoms with van der Waals surface area (Å²) in [4.78, 5) is 5.13. The van der Waals surface area contributed by atoms with E-state index in [1.54, 1.807) is 0 Å². The zero-order valence-electron chi connectivity index (χ0n) is 33.7. The molecule has 1 aliphatic heterocycles. The highest BCUT2D eigenvalue weighted by Gasteiger charge is 2.48. The molecule has 1 aliphatic carbocycles. The molecule has 2 aliphatic rings. The van der Waals surface area contributed by atoms with Crippen LogP contribution in [0.25, 0.3) is 60.5 Å². The molecule has 0 saturated heterocycles. The van der Waals surface area contributed by atoms with Gasteiger partial charge >= 0.3 is 0 Å². The van der Waals surface area contributed by atoms with E-state index in [1.165, 1.54) is 86.9 Å². The monoisotopic (exact) mass is 806 g/mol. The Hall–Kier alpha value is -7.59. The summed E-state index contributed by atoms with van der Waals surface area (Å²) < 4.78 is 2.40. The fraction of sp³-hybridized carbons (Fsp3) is 0.0169. The predicted octanol–water partition coefficient (Wildman–Crippen LogP) is 15.9. The van der Waals surface area contributed by atoms with Gasteiger partial charge in [0.2, 0.25) is 0 Å². The average Bonchev–Trinajstić information content (AvgIpc) is 3.68. The Balaban J connectivity index is 1.14. The Labute approximate surface area is 365 Å². The van der Waals surface area contributed by atoms with E-state index in [2.05, 4.69) is 240 Å². The maximum Gasteiger partial charge on any atom is 0.0735 e. The molecule has 2 heterocycles. The van der Waals surface area contributed by atoms with Crippen LogP contribution in [0.3, 0.4) is 0 Å². The van der Waals surface area contributed by atoms with E-state index in [4.69, 9.17) is 0 Å². The summed E-state index contributed by atoms with van der Waals surface area (Å²) in [6.45, 7) is 0. The van der Waals surface area contributed by atoms with Gasteiger partial charge in [-0.2, -0.15) is 0 Å². The first-order valence-corrected chi connectivity index (χ1v) is 22.2. The number of benzene rings is 10. The van der Waals surface area contributed by atoms with Crippen molar-refractivity contribution in [1.82, 2.24) is 4.57 Å². The van der Waals surface area contributed by atoms with Crippen LogP contribution in [0.4, 0.5) is 17.1 Å². The molecular formula is C59H38N2S. The van der Waals surface area contributed by atoms with Gasteiger partial charge < -0.3 is 9.47 Å². The SMILES string of the molecule is c1ccc(-c2ccccc2N(c2ccc3c(c2)c2ccccc2n3-c2ccccc2)c2ccc3c4c(cccc24)C2(c4ccccc4Sc4ccccc42)c2ccccc2-3)cc1. The van der Waals surface area contributed by atoms with E-state index in [-0.39, 0.29) is 0 Å². The van der Waals surface area contributed by atoms with Gasteiger partial charge in [0, 0.05) is 42.9 Å². The largest absolute Gasteiger partial charge is 0.309 e. The molecule has 2 nitrogen and oxygen atoms in total. The maximum atomic E-state index is 2.52. The van der Waals surface area contributed by atoms with Crippen LogP contribution >= 0.6 is 11.8 Å². The molecule has 0 saturated carbocycles. The molecule has 290 valence electrons. The van der Waals surface area contributed by atoms with Gasteiger partial charge in [0.05, 0.1) is 27.8 Å². The summed E-state index contributed by atoms with van der Waals surface area (Å²) in [6, 6.07) is 85.4. The minimum absolute atomic E-state index is 0.509. The lowest BCUT2D eigenvalue weighted by Gasteiger charge is -2.46. The van der Waals surface area contributed by atoms with E-state index in [1.807, 2.05) is 11.8 Å². The molecule has 3 heteroatoms. The molecule has 1 aromatic heterocycles. The third-order valence-electron chi connectivity index (χ3n) is 13.2. The standard InChI is InChI=1S/C59H38N2S/c1-3-18-39(19-4-1)42-22-8-13-30-52(42)61(41-34-36-55-47(38-41)44-24-9-14-31-53(44)60(55)40-20-5-2-6-21-40)54-37-35-45-43-23-7-10-26-48(43)59(51-29-17-25-46(54)58(45)51)49-27-11-15-32-56(49)62-57-33-16-12-28-50(57)59/h1-38H. The van der Waals surface area contributed by atoms with Crippen LogP contribution in [0.2, 0.25) is 0 Å². The van der Waals surface area contributed by atoms with Gasteiger partial charge in [0.15, 0.2) is 0 Å². The minimum atomic E-state index is -0.509. The topological polar surface area (TPSA) is 8.17 Å². The van der Waals surface area contributed by atoms with Crippen LogP contribution in [0.15, 0.2) is 240 Å². The summed E-state index contributed by atoms with van der Waals surface area (Å²) in [7, 11) is 0. The number of hydrogen-bond acceptors (Lipinski definition) is 2. The van der Waals surface area contributed by atoms with Crippen molar-refractivity contribution in [1.29, 1.82) is 0 Å². The molecule has 11 aromatic rings. The summed E-state index contributed by atoms with van der Waals surface area (Å²) in [5.41, 5.74) is 16.6. The Morgan fingerprint density at radius 3 is 1.76 bits per heavy atom. The lowest BCUT2D eigenvalue weighted by atomic mass is 9.59. The number of anilines is 3. The Bertz CT molecular complexity index is 3520. The van der Waals surface area contributed by atoms with E-state index in [0.717, 1.165) is 22.7 Å². The second kappa shape index (κ2) is 13.7. The summed E-state index contributed by atoms with van der Waals surface area (Å²) in [5.74, 6) is 0. The van der Waals surface area contributed by atoms with Crippen molar-refractivity contribution in [2.24, 2.45) is 0 Å². The van der Waals surface area contributed by atoms with E-state index >= 15 is 0 Å². The molecule has 0 unspecified atom stereocenters. The zero-order valence-corrected chi connectivity index (χ0v) is 34.6. The first-order valence-electron chi connectivity index (χ1n) is 21.4. The number of aromatic nitrogens is 1. The smallest absolute Gasteiger partial charge is 0.0735 e. The van der Waals surface area contributed by atoms with Gasteiger partial charge in [-0.25, -0.2) is 0 Å². The molecule has 0 atom stereocenters. The normalized spacial score (nSPS) is 13.2. The lowest BCUT2D eigenvalue weighted by molar-refractivity contribution is 0.707. The van der Waals surface area contributed by atoms with Crippen LogP contribution in [0, 0.1) is 0 Å². The van der Waals surface area contributed by atoms with Crippen molar-refractivity contribution in [3.63, 3.8) is 0 Å². The quantitative estimate of drug-likeness (QED) is 0.171. The fourth-order valence-corrected chi connectivity index (χ4v) is 12.0. The van der Waals surface area contributed by atoms with Crippen molar-refractivity contribution in [3.8, 4) is 27.9 Å². The van der Waals surface area contributed by atoms with Crippen molar-refractivity contribution in [2.45, 2.75) is 15.2 Å². The van der Waals surface area contributed by atoms with Crippen molar-refractivity contribution >= 4 is 61.4 Å². The van der Waals surface area contributed by atoms with Gasteiger partial charge in [0.1, 0.15) is 0 Å². The molecule has 10 aromatic carbocycles. The fourth-order valence-electron chi connectivity index (χ4n) is 10.8. The Kier molecular flexibility index (Phi) is 7.79. The average molecular weight is 807 g/mol. The van der Waals surface area contributed by atoms with Crippen LogP contribution in [0.1, 0.15) is 22.3 Å². The molecule has 0 radical (unpaired) electrons. The lowest BCUT2D eigenvalue weighted by Crippen LogP contribution is -2.36. The number of para-hydroxylation sites is 3. The van der Waals surface area contributed by atoms with Gasteiger partial charge in [-0.15, -0.1) is 0 Å². The van der Waals surface area contributed by atoms with Crippen molar-refractivity contribution < 1.29 is 0 Å². The third-order valence-corrected chi connectivity index (χ3v) is 14.4. The number of nitrogens with zero attached hydrogens (tertiary/aromatic N) is 2. The zero-order chi connectivity index (χ0) is 40.8. The number of rotatable bonds is 5. The maximum absolute atomic E-state index is 2.52. The highest BCUT2D eigenvalue weighted by molar-refractivity contribution is 7.99. The highest BCUT2D eigenvalue weighted by Crippen LogP contribution is 2.62. The van der Waals surface area contributed by atoms with Crippen LogP contribution < -0.4 is 4.90 Å². The molecule has 0 amide bonds. The van der Waals surface area contributed by atoms with Crippen LogP contribution in [-0.4, -0.2) is 4.57 Å². The van der Waals surface area contributed by atoms with Crippen molar-refractivity contribution in [3.05, 3.63) is 253 Å². The van der Waals surface area contributed by atoms with Crippen molar-refractivity contribution in [2.75, 3.05) is 4.90 Å². The minimum Gasteiger partial charge on any atom is -0.309 e. The Morgan fingerprint density at radius 1 is 0.371 bits per heavy atom. The second-order valence-corrected chi connectivity index (χ2v) is 17.4. The number of hydrogen-bond donors (Lipinski definition) is 0. The second-order valence-electron chi connectivity index (χ2n) is 16.4. The van der Waals surface area contributed by atoms with Gasteiger partial charge in [-0.3, -0.25) is 0 Å². The van der Waals surface area contributed by atoms with Gasteiger partial charge in [0.25, 0.3) is 0 Å². The highest BCUT2D eigenvalue weighted by atomic mass is 32.2.